The largest absolute Gasteiger partial charge is 0.444 e. The van der Waals surface area contributed by atoms with Crippen LogP contribution in [0, 0.1) is 11.3 Å². The van der Waals surface area contributed by atoms with E-state index in [0.717, 1.165) is 17.0 Å². The molecule has 0 atom stereocenters. The van der Waals surface area contributed by atoms with Gasteiger partial charge in [0.25, 0.3) is 0 Å². The number of rotatable bonds is 6. The molecule has 7 nitrogen and oxygen atoms in total. The number of nitrogens with one attached hydrogen (secondary N) is 1. The molecule has 2 aromatic rings. The lowest BCUT2D eigenvalue weighted by Gasteiger charge is -2.21. The fourth-order valence-electron chi connectivity index (χ4n) is 2.23. The van der Waals surface area contributed by atoms with Gasteiger partial charge in [-0.05, 0) is 40.0 Å². The van der Waals surface area contributed by atoms with Crippen molar-refractivity contribution >= 4 is 17.8 Å². The van der Waals surface area contributed by atoms with Crippen molar-refractivity contribution in [1.82, 2.24) is 19.0 Å². The van der Waals surface area contributed by atoms with Crippen LogP contribution in [0.25, 0.3) is 11.3 Å². The van der Waals surface area contributed by atoms with E-state index in [1.165, 1.54) is 11.7 Å². The van der Waals surface area contributed by atoms with E-state index in [1.807, 2.05) is 40.0 Å². The van der Waals surface area contributed by atoms with Gasteiger partial charge in [0.15, 0.2) is 0 Å². The van der Waals surface area contributed by atoms with E-state index in [9.17, 15) is 4.79 Å². The Morgan fingerprint density at radius 3 is 2.62 bits per heavy atom. The number of nitrogens with zero attached hydrogens (tertiary/aromatic N) is 4. The van der Waals surface area contributed by atoms with Crippen molar-refractivity contribution in [2.45, 2.75) is 32.9 Å². The second-order valence-corrected chi connectivity index (χ2v) is 7.44. The maximum atomic E-state index is 11.7. The molecule has 0 saturated heterocycles. The molecule has 26 heavy (non-hydrogen) atoms. The third-order valence-electron chi connectivity index (χ3n) is 3.43. The first-order chi connectivity index (χ1) is 12.3. The van der Waals surface area contributed by atoms with Gasteiger partial charge in [-0.3, -0.25) is 4.90 Å². The van der Waals surface area contributed by atoms with Gasteiger partial charge in [-0.25, -0.2) is 4.79 Å². The van der Waals surface area contributed by atoms with Crippen molar-refractivity contribution in [2.24, 2.45) is 0 Å². The minimum absolute atomic E-state index is 0.417. The van der Waals surface area contributed by atoms with Crippen LogP contribution < -0.4 is 5.32 Å². The summed E-state index contributed by atoms with van der Waals surface area (Å²) in [6.45, 7) is 7.25. The zero-order valence-electron chi connectivity index (χ0n) is 15.4. The molecule has 1 amide bonds. The molecular formula is C18H23N5O2S. The standard InChI is InChI=1S/C18H23N5O2S/c1-18(2,3)25-17(24)20-9-10-23(4)12-15-16(22-26-21-15)14-7-5-13(11-19)6-8-14/h5-8H,9-10,12H2,1-4H3,(H,20,24). The van der Waals surface area contributed by atoms with Crippen LogP contribution >= 0.6 is 11.7 Å². The van der Waals surface area contributed by atoms with Crippen LogP contribution in [0.5, 0.6) is 0 Å². The highest BCUT2D eigenvalue weighted by atomic mass is 32.1. The number of aromatic nitrogens is 2. The van der Waals surface area contributed by atoms with Crippen molar-refractivity contribution in [3.8, 4) is 17.3 Å². The normalized spacial score (nSPS) is 11.2. The van der Waals surface area contributed by atoms with Crippen LogP contribution in [0.4, 0.5) is 4.79 Å². The van der Waals surface area contributed by atoms with Gasteiger partial charge in [-0.15, -0.1) is 0 Å². The van der Waals surface area contributed by atoms with E-state index < -0.39 is 11.7 Å². The van der Waals surface area contributed by atoms with E-state index in [2.05, 4.69) is 25.0 Å². The summed E-state index contributed by atoms with van der Waals surface area (Å²) in [5, 5.41) is 11.6. The van der Waals surface area contributed by atoms with E-state index >= 15 is 0 Å². The summed E-state index contributed by atoms with van der Waals surface area (Å²) < 4.78 is 14.0. The van der Waals surface area contributed by atoms with Gasteiger partial charge in [-0.2, -0.15) is 14.0 Å². The van der Waals surface area contributed by atoms with Crippen molar-refractivity contribution in [3.63, 3.8) is 0 Å². The SMILES string of the molecule is CN(CCNC(=O)OC(C)(C)C)Cc1nsnc1-c1ccc(C#N)cc1. The number of hydrogen-bond acceptors (Lipinski definition) is 7. The first-order valence-electron chi connectivity index (χ1n) is 8.26. The maximum Gasteiger partial charge on any atom is 0.407 e. The Kier molecular flexibility index (Phi) is 6.66. The van der Waals surface area contributed by atoms with E-state index in [4.69, 9.17) is 10.00 Å². The third kappa shape index (κ3) is 6.10. The predicted octanol–water partition coefficient (Wildman–Crippen LogP) is 3.03. The van der Waals surface area contributed by atoms with Crippen molar-refractivity contribution < 1.29 is 9.53 Å². The monoisotopic (exact) mass is 373 g/mol. The van der Waals surface area contributed by atoms with Crippen LogP contribution in [0.15, 0.2) is 24.3 Å². The summed E-state index contributed by atoms with van der Waals surface area (Å²) in [6, 6.07) is 9.40. The van der Waals surface area contributed by atoms with Gasteiger partial charge in [0.2, 0.25) is 0 Å². The first-order valence-corrected chi connectivity index (χ1v) is 8.99. The number of benzene rings is 1. The number of hydrogen-bond donors (Lipinski definition) is 1. The van der Waals surface area contributed by atoms with E-state index in [0.29, 0.717) is 25.2 Å². The molecule has 0 radical (unpaired) electrons. The van der Waals surface area contributed by atoms with Crippen LogP contribution in [0.1, 0.15) is 32.0 Å². The lowest BCUT2D eigenvalue weighted by Crippen LogP contribution is -2.36. The van der Waals surface area contributed by atoms with Gasteiger partial charge in [0, 0.05) is 25.2 Å². The van der Waals surface area contributed by atoms with Crippen LogP contribution in [-0.4, -0.2) is 45.5 Å². The summed E-state index contributed by atoms with van der Waals surface area (Å²) in [6.07, 6.45) is -0.417. The molecule has 0 aliphatic rings. The number of amides is 1. The quantitative estimate of drug-likeness (QED) is 0.837. The van der Waals surface area contributed by atoms with E-state index in [-0.39, 0.29) is 0 Å². The molecule has 0 spiro atoms. The molecule has 1 aromatic heterocycles. The highest BCUT2D eigenvalue weighted by Crippen LogP contribution is 2.23. The molecule has 0 bridgehead atoms. The average Bonchev–Trinajstić information content (AvgIpc) is 3.01. The molecule has 0 aliphatic carbocycles. The van der Waals surface area contributed by atoms with Gasteiger partial charge >= 0.3 is 6.09 Å². The molecule has 0 aliphatic heterocycles. The third-order valence-corrected chi connectivity index (χ3v) is 3.99. The molecule has 1 aromatic carbocycles. The Labute approximate surface area is 157 Å². The summed E-state index contributed by atoms with van der Waals surface area (Å²) in [5.41, 5.74) is 2.75. The van der Waals surface area contributed by atoms with Crippen LogP contribution in [0.3, 0.4) is 0 Å². The number of alkyl carbamates (subject to hydrolysis) is 1. The highest BCUT2D eigenvalue weighted by Gasteiger charge is 2.16. The maximum absolute atomic E-state index is 11.7. The van der Waals surface area contributed by atoms with Crippen LogP contribution in [0.2, 0.25) is 0 Å². The van der Waals surface area contributed by atoms with Gasteiger partial charge < -0.3 is 10.1 Å². The Hall–Kier alpha value is -2.50. The number of likely N-dealkylation sites (N-methyl/N-ethyl adjacent to an activating group) is 1. The highest BCUT2D eigenvalue weighted by molar-refractivity contribution is 6.99. The van der Waals surface area contributed by atoms with Gasteiger partial charge in [0.05, 0.1) is 29.1 Å². The molecule has 1 heterocycles. The molecule has 0 saturated carbocycles. The number of carbonyl (C=O) groups is 1. The van der Waals surface area contributed by atoms with Gasteiger partial charge in [0.1, 0.15) is 11.3 Å². The second-order valence-electron chi connectivity index (χ2n) is 6.92. The number of ether oxygens (including phenoxy) is 1. The molecular weight excluding hydrogens is 350 g/mol. The molecule has 1 N–H and O–H groups in total. The predicted molar refractivity (Wildman–Crippen MR) is 101 cm³/mol. The summed E-state index contributed by atoms with van der Waals surface area (Å²) in [4.78, 5) is 13.7. The summed E-state index contributed by atoms with van der Waals surface area (Å²) in [5.74, 6) is 0. The summed E-state index contributed by atoms with van der Waals surface area (Å²) in [7, 11) is 1.96. The Morgan fingerprint density at radius 1 is 1.31 bits per heavy atom. The van der Waals surface area contributed by atoms with Crippen LogP contribution in [-0.2, 0) is 11.3 Å². The smallest absolute Gasteiger partial charge is 0.407 e. The Bertz CT molecular complexity index is 774. The molecule has 0 unspecified atom stereocenters. The Balaban J connectivity index is 1.88. The van der Waals surface area contributed by atoms with Gasteiger partial charge in [-0.1, -0.05) is 12.1 Å². The number of nitriles is 1. The lowest BCUT2D eigenvalue weighted by molar-refractivity contribution is 0.0523. The molecule has 8 heteroatoms. The Morgan fingerprint density at radius 2 is 2.00 bits per heavy atom. The van der Waals surface area contributed by atoms with Crippen molar-refractivity contribution in [1.29, 1.82) is 5.26 Å². The fourth-order valence-corrected chi connectivity index (χ4v) is 2.81. The zero-order chi connectivity index (χ0) is 19.2. The second kappa shape index (κ2) is 8.74. The molecule has 0 fully saturated rings. The lowest BCUT2D eigenvalue weighted by atomic mass is 10.1. The zero-order valence-corrected chi connectivity index (χ0v) is 16.3. The van der Waals surface area contributed by atoms with E-state index in [1.54, 1.807) is 12.1 Å². The fraction of sp³-hybridized carbons (Fsp3) is 0.444. The number of carbonyl (C=O) groups excluding carboxylic acids is 1. The minimum Gasteiger partial charge on any atom is -0.444 e. The average molecular weight is 373 g/mol. The topological polar surface area (TPSA) is 91.1 Å². The molecule has 138 valence electrons. The minimum atomic E-state index is -0.502. The molecule has 2 rings (SSSR count). The summed E-state index contributed by atoms with van der Waals surface area (Å²) >= 11 is 1.17. The van der Waals surface area contributed by atoms with Crippen molar-refractivity contribution in [3.05, 3.63) is 35.5 Å². The van der Waals surface area contributed by atoms with Crippen molar-refractivity contribution in [2.75, 3.05) is 20.1 Å². The first kappa shape index (κ1) is 19.8.